The van der Waals surface area contributed by atoms with Gasteiger partial charge in [-0.25, -0.2) is 0 Å². The zero-order valence-corrected chi connectivity index (χ0v) is 12.0. The Hall–Kier alpha value is -2.49. The van der Waals surface area contributed by atoms with Gasteiger partial charge in [-0.3, -0.25) is 0 Å². The molecule has 4 heteroatoms. The van der Waals surface area contributed by atoms with Crippen molar-refractivity contribution in [2.45, 2.75) is 19.8 Å². The first-order valence-electron chi connectivity index (χ1n) is 7.00. The van der Waals surface area contributed by atoms with Gasteiger partial charge in [-0.1, -0.05) is 48.8 Å². The average Bonchev–Trinajstić information content (AvgIpc) is 2.51. The molecule has 0 radical (unpaired) electrons. The van der Waals surface area contributed by atoms with Crippen LogP contribution >= 0.6 is 0 Å². The van der Waals surface area contributed by atoms with Crippen LogP contribution < -0.4 is 4.74 Å². The van der Waals surface area contributed by atoms with Crippen LogP contribution in [0.2, 0.25) is 0 Å². The van der Waals surface area contributed by atoms with Crippen LogP contribution in [-0.2, 0) is 0 Å². The largest absolute Gasteiger partial charge is 0.507 e. The lowest BCUT2D eigenvalue weighted by atomic mass is 10.0. The smallest absolute Gasteiger partial charge is 0.128 e. The lowest BCUT2D eigenvalue weighted by molar-refractivity contribution is 0.307. The molecule has 0 fully saturated rings. The van der Waals surface area contributed by atoms with Gasteiger partial charge in [-0.2, -0.15) is 0 Å². The van der Waals surface area contributed by atoms with Gasteiger partial charge in [0.2, 0.25) is 0 Å². The van der Waals surface area contributed by atoms with E-state index in [1.807, 2.05) is 30.3 Å². The second-order valence-electron chi connectivity index (χ2n) is 4.70. The van der Waals surface area contributed by atoms with E-state index in [9.17, 15) is 10.3 Å². The maximum atomic E-state index is 10.1. The van der Waals surface area contributed by atoms with Crippen LogP contribution in [0.5, 0.6) is 11.5 Å². The first kappa shape index (κ1) is 14.9. The van der Waals surface area contributed by atoms with Crippen LogP contribution in [0.3, 0.4) is 0 Å². The van der Waals surface area contributed by atoms with Crippen LogP contribution in [0.15, 0.2) is 53.7 Å². The molecule has 0 unspecified atom stereocenters. The number of oxime groups is 1. The molecule has 0 aliphatic rings. The summed E-state index contributed by atoms with van der Waals surface area (Å²) in [5, 5.41) is 22.7. The summed E-state index contributed by atoms with van der Waals surface area (Å²) in [6, 6.07) is 14.2. The Kier molecular flexibility index (Phi) is 5.21. The van der Waals surface area contributed by atoms with E-state index in [1.54, 1.807) is 18.2 Å². The van der Waals surface area contributed by atoms with E-state index in [0.29, 0.717) is 23.6 Å². The molecule has 110 valence electrons. The van der Waals surface area contributed by atoms with Crippen molar-refractivity contribution in [3.63, 3.8) is 0 Å². The number of benzene rings is 2. The minimum atomic E-state index is 0.0284. The summed E-state index contributed by atoms with van der Waals surface area (Å²) < 4.78 is 5.54. The summed E-state index contributed by atoms with van der Waals surface area (Å²) in [5.41, 5.74) is 1.52. The molecule has 0 aliphatic heterocycles. The Morgan fingerprint density at radius 1 is 1.14 bits per heavy atom. The first-order valence-corrected chi connectivity index (χ1v) is 7.00. The summed E-state index contributed by atoms with van der Waals surface area (Å²) in [7, 11) is 0. The van der Waals surface area contributed by atoms with Crippen LogP contribution in [-0.4, -0.2) is 22.6 Å². The van der Waals surface area contributed by atoms with Gasteiger partial charge in [0.15, 0.2) is 0 Å². The molecule has 2 aromatic rings. The minimum Gasteiger partial charge on any atom is -0.507 e. The predicted molar refractivity (Wildman–Crippen MR) is 82.4 cm³/mol. The zero-order chi connectivity index (χ0) is 15.1. The van der Waals surface area contributed by atoms with Crippen molar-refractivity contribution in [1.82, 2.24) is 0 Å². The number of aromatic hydroxyl groups is 1. The second-order valence-corrected chi connectivity index (χ2v) is 4.70. The molecular weight excluding hydrogens is 266 g/mol. The lowest BCUT2D eigenvalue weighted by Crippen LogP contribution is -2.04. The second kappa shape index (κ2) is 7.33. The molecule has 0 spiro atoms. The number of phenols is 1. The summed E-state index contributed by atoms with van der Waals surface area (Å²) in [5.74, 6) is 0.635. The molecule has 0 aromatic heterocycles. The van der Waals surface area contributed by atoms with Crippen molar-refractivity contribution < 1.29 is 15.1 Å². The molecule has 4 nitrogen and oxygen atoms in total. The highest BCUT2D eigenvalue weighted by Crippen LogP contribution is 2.26. The van der Waals surface area contributed by atoms with Crippen molar-refractivity contribution in [2.75, 3.05) is 6.61 Å². The van der Waals surface area contributed by atoms with Crippen molar-refractivity contribution in [2.24, 2.45) is 5.16 Å². The Balaban J connectivity index is 2.24. The monoisotopic (exact) mass is 285 g/mol. The molecule has 0 bridgehead atoms. The maximum absolute atomic E-state index is 10.1. The first-order chi connectivity index (χ1) is 10.3. The third-order valence-corrected chi connectivity index (χ3v) is 3.14. The van der Waals surface area contributed by atoms with Gasteiger partial charge < -0.3 is 15.1 Å². The topological polar surface area (TPSA) is 62.0 Å². The van der Waals surface area contributed by atoms with Crippen molar-refractivity contribution in [3.05, 3.63) is 59.7 Å². The van der Waals surface area contributed by atoms with Crippen molar-refractivity contribution >= 4 is 5.71 Å². The molecule has 2 aromatic carbocycles. The van der Waals surface area contributed by atoms with Crippen LogP contribution in [0.1, 0.15) is 30.9 Å². The molecule has 0 saturated heterocycles. The number of unbranched alkanes of at least 4 members (excludes halogenated alkanes) is 1. The molecule has 0 aliphatic carbocycles. The fraction of sp³-hybridized carbons (Fsp3) is 0.235. The Morgan fingerprint density at radius 2 is 1.90 bits per heavy atom. The molecule has 0 heterocycles. The SMILES string of the molecule is CCCCOc1ccc(/C(=N\O)c2ccccc2)c(O)c1. The van der Waals surface area contributed by atoms with Crippen molar-refractivity contribution in [1.29, 1.82) is 0 Å². The normalized spacial score (nSPS) is 11.4. The highest BCUT2D eigenvalue weighted by atomic mass is 16.5. The van der Waals surface area contributed by atoms with Crippen LogP contribution in [0.25, 0.3) is 0 Å². The van der Waals surface area contributed by atoms with Gasteiger partial charge in [0.05, 0.1) is 6.61 Å². The van der Waals surface area contributed by atoms with Crippen LogP contribution in [0, 0.1) is 0 Å². The van der Waals surface area contributed by atoms with E-state index in [1.165, 1.54) is 0 Å². The third-order valence-electron chi connectivity index (χ3n) is 3.14. The maximum Gasteiger partial charge on any atom is 0.128 e. The average molecular weight is 285 g/mol. The molecule has 2 rings (SSSR count). The Morgan fingerprint density at radius 3 is 2.52 bits per heavy atom. The number of nitrogens with zero attached hydrogens (tertiary/aromatic N) is 1. The quantitative estimate of drug-likeness (QED) is 0.367. The summed E-state index contributed by atoms with van der Waals surface area (Å²) in [6.45, 7) is 2.71. The molecular formula is C17H19NO3. The van der Waals surface area contributed by atoms with Gasteiger partial charge >= 0.3 is 0 Å². The van der Waals surface area contributed by atoms with Crippen LogP contribution in [0.4, 0.5) is 0 Å². The van der Waals surface area contributed by atoms with Gasteiger partial charge in [-0.15, -0.1) is 0 Å². The molecule has 2 N–H and O–H groups in total. The van der Waals surface area contributed by atoms with E-state index in [0.717, 1.165) is 18.4 Å². The fourth-order valence-corrected chi connectivity index (χ4v) is 2.00. The number of rotatable bonds is 6. The highest BCUT2D eigenvalue weighted by Gasteiger charge is 2.13. The van der Waals surface area contributed by atoms with Gasteiger partial charge in [0, 0.05) is 17.2 Å². The summed E-state index contributed by atoms with van der Waals surface area (Å²) in [6.07, 6.45) is 2.02. The standard InChI is InChI=1S/C17H19NO3/c1-2-3-11-21-14-9-10-15(16(19)12-14)17(18-20)13-7-5-4-6-8-13/h4-10,12,19-20H,2-3,11H2,1H3/b18-17-. The van der Waals surface area contributed by atoms with E-state index in [4.69, 9.17) is 4.74 Å². The van der Waals surface area contributed by atoms with E-state index in [2.05, 4.69) is 12.1 Å². The minimum absolute atomic E-state index is 0.0284. The van der Waals surface area contributed by atoms with Gasteiger partial charge in [0.25, 0.3) is 0 Å². The van der Waals surface area contributed by atoms with Gasteiger partial charge in [-0.05, 0) is 18.6 Å². The third kappa shape index (κ3) is 3.75. The highest BCUT2D eigenvalue weighted by molar-refractivity contribution is 6.14. The number of ether oxygens (including phenoxy) is 1. The lowest BCUT2D eigenvalue weighted by Gasteiger charge is -2.10. The van der Waals surface area contributed by atoms with E-state index in [-0.39, 0.29) is 5.75 Å². The number of phenolic OH excluding ortho intramolecular Hbond substituents is 1. The zero-order valence-electron chi connectivity index (χ0n) is 12.0. The summed E-state index contributed by atoms with van der Waals surface area (Å²) >= 11 is 0. The number of hydrogen-bond acceptors (Lipinski definition) is 4. The van der Waals surface area contributed by atoms with E-state index >= 15 is 0 Å². The summed E-state index contributed by atoms with van der Waals surface area (Å²) in [4.78, 5) is 0. The molecule has 0 atom stereocenters. The van der Waals surface area contributed by atoms with Crippen molar-refractivity contribution in [3.8, 4) is 11.5 Å². The number of hydrogen-bond donors (Lipinski definition) is 2. The molecule has 0 saturated carbocycles. The Bertz CT molecular complexity index is 609. The Labute approximate surface area is 124 Å². The molecule has 0 amide bonds. The van der Waals surface area contributed by atoms with Gasteiger partial charge in [0.1, 0.15) is 17.2 Å². The predicted octanol–water partition coefficient (Wildman–Crippen LogP) is 3.80. The fourth-order valence-electron chi connectivity index (χ4n) is 2.00. The van der Waals surface area contributed by atoms with E-state index < -0.39 is 0 Å². The molecule has 21 heavy (non-hydrogen) atoms.